The maximum absolute atomic E-state index is 11.5. The number of rotatable bonds is 9. The van der Waals surface area contributed by atoms with Gasteiger partial charge >= 0.3 is 6.09 Å². The topological polar surface area (TPSA) is 38.3 Å². The van der Waals surface area contributed by atoms with Crippen molar-refractivity contribution >= 4 is 6.09 Å². The van der Waals surface area contributed by atoms with E-state index in [2.05, 4.69) is 18.3 Å². The van der Waals surface area contributed by atoms with Gasteiger partial charge in [0.25, 0.3) is 0 Å². The van der Waals surface area contributed by atoms with Crippen LogP contribution in [0.1, 0.15) is 56.6 Å². The lowest BCUT2D eigenvalue weighted by Gasteiger charge is -2.07. The molecule has 0 aromatic heterocycles. The van der Waals surface area contributed by atoms with Crippen LogP contribution >= 0.6 is 0 Å². The number of hydrogen-bond acceptors (Lipinski definition) is 2. The van der Waals surface area contributed by atoms with Gasteiger partial charge in [0.1, 0.15) is 0 Å². The maximum Gasteiger partial charge on any atom is 0.407 e. The fraction of sp³-hybridized carbons (Fsp3) is 0.588. The summed E-state index contributed by atoms with van der Waals surface area (Å²) in [5, 5.41) is 2.78. The van der Waals surface area contributed by atoms with Crippen molar-refractivity contribution in [1.82, 2.24) is 5.32 Å². The van der Waals surface area contributed by atoms with Crippen LogP contribution in [0.4, 0.5) is 4.79 Å². The van der Waals surface area contributed by atoms with Gasteiger partial charge in [-0.3, -0.25) is 0 Å². The molecule has 1 aromatic rings. The molecule has 0 aliphatic rings. The summed E-state index contributed by atoms with van der Waals surface area (Å²) in [5.74, 6) is 0. The summed E-state index contributed by atoms with van der Waals surface area (Å²) in [5.41, 5.74) is 2.30. The van der Waals surface area contributed by atoms with E-state index >= 15 is 0 Å². The Morgan fingerprint density at radius 3 is 2.65 bits per heavy atom. The van der Waals surface area contributed by atoms with Gasteiger partial charge in [-0.2, -0.15) is 0 Å². The minimum Gasteiger partial charge on any atom is -0.450 e. The molecule has 3 heteroatoms. The van der Waals surface area contributed by atoms with Crippen LogP contribution in [0.15, 0.2) is 24.3 Å². The molecule has 0 spiro atoms. The minimum atomic E-state index is -0.319. The standard InChI is InChI=1S/C17H27NO2/c1-3-4-5-6-7-8-12-20-17(19)18-14-16-11-9-10-15(2)13-16/h9-11,13H,3-8,12,14H2,1-2H3,(H,18,19). The van der Waals surface area contributed by atoms with Crippen LogP contribution in [-0.4, -0.2) is 12.7 Å². The highest BCUT2D eigenvalue weighted by Crippen LogP contribution is 2.05. The van der Waals surface area contributed by atoms with Gasteiger partial charge in [-0.1, -0.05) is 68.9 Å². The van der Waals surface area contributed by atoms with Gasteiger partial charge in [0, 0.05) is 6.54 Å². The molecule has 1 N–H and O–H groups in total. The fourth-order valence-electron chi connectivity index (χ4n) is 2.09. The number of aryl methyl sites for hydroxylation is 1. The molecule has 0 radical (unpaired) electrons. The SMILES string of the molecule is CCCCCCCCOC(=O)NCc1cccc(C)c1. The predicted octanol–water partition coefficient (Wildman–Crippen LogP) is 4.58. The summed E-state index contributed by atoms with van der Waals surface area (Å²) in [6.45, 7) is 5.30. The number of hydrogen-bond donors (Lipinski definition) is 1. The molecule has 3 nitrogen and oxygen atoms in total. The fourth-order valence-corrected chi connectivity index (χ4v) is 2.09. The van der Waals surface area contributed by atoms with Crippen molar-refractivity contribution in [3.8, 4) is 0 Å². The summed E-state index contributed by atoms with van der Waals surface area (Å²) >= 11 is 0. The van der Waals surface area contributed by atoms with Gasteiger partial charge in [-0.15, -0.1) is 0 Å². The van der Waals surface area contributed by atoms with E-state index < -0.39 is 0 Å². The Labute approximate surface area is 122 Å². The second-order valence-electron chi connectivity index (χ2n) is 5.25. The molecule has 1 amide bonds. The van der Waals surface area contributed by atoms with Crippen LogP contribution in [0.3, 0.4) is 0 Å². The quantitative estimate of drug-likeness (QED) is 0.671. The molecule has 1 aromatic carbocycles. The van der Waals surface area contributed by atoms with Crippen molar-refractivity contribution in [2.24, 2.45) is 0 Å². The lowest BCUT2D eigenvalue weighted by atomic mass is 10.1. The second kappa shape index (κ2) is 10.3. The summed E-state index contributed by atoms with van der Waals surface area (Å²) in [4.78, 5) is 11.5. The van der Waals surface area contributed by atoms with Gasteiger partial charge < -0.3 is 10.1 Å². The van der Waals surface area contributed by atoms with Crippen LogP contribution in [-0.2, 0) is 11.3 Å². The molecule has 0 saturated carbocycles. The molecule has 0 bridgehead atoms. The average molecular weight is 277 g/mol. The Morgan fingerprint density at radius 1 is 1.15 bits per heavy atom. The van der Waals surface area contributed by atoms with Gasteiger partial charge in [0.05, 0.1) is 6.61 Å². The van der Waals surface area contributed by atoms with E-state index in [1.807, 2.05) is 25.1 Å². The highest BCUT2D eigenvalue weighted by atomic mass is 16.5. The van der Waals surface area contributed by atoms with Crippen LogP contribution in [0.5, 0.6) is 0 Å². The van der Waals surface area contributed by atoms with Crippen LogP contribution in [0.2, 0.25) is 0 Å². The predicted molar refractivity (Wildman–Crippen MR) is 82.7 cm³/mol. The molecule has 1 rings (SSSR count). The number of nitrogens with one attached hydrogen (secondary N) is 1. The van der Waals surface area contributed by atoms with Gasteiger partial charge in [-0.05, 0) is 18.9 Å². The Hall–Kier alpha value is -1.51. The lowest BCUT2D eigenvalue weighted by molar-refractivity contribution is 0.143. The van der Waals surface area contributed by atoms with Crippen molar-refractivity contribution in [3.05, 3.63) is 35.4 Å². The van der Waals surface area contributed by atoms with Crippen molar-refractivity contribution < 1.29 is 9.53 Å². The van der Waals surface area contributed by atoms with E-state index in [4.69, 9.17) is 4.74 Å². The first-order valence-corrected chi connectivity index (χ1v) is 7.68. The van der Waals surface area contributed by atoms with Crippen molar-refractivity contribution in [2.75, 3.05) is 6.61 Å². The molecule has 0 aliphatic carbocycles. The molecule has 0 aliphatic heterocycles. The molecular weight excluding hydrogens is 250 g/mol. The first-order valence-electron chi connectivity index (χ1n) is 7.68. The number of carbonyl (C=O) groups excluding carboxylic acids is 1. The minimum absolute atomic E-state index is 0.319. The van der Waals surface area contributed by atoms with Crippen molar-refractivity contribution in [1.29, 1.82) is 0 Å². The van der Waals surface area contributed by atoms with Crippen LogP contribution in [0.25, 0.3) is 0 Å². The first-order chi connectivity index (χ1) is 9.72. The molecular formula is C17H27NO2. The molecule has 0 unspecified atom stereocenters. The number of unbranched alkanes of at least 4 members (excludes halogenated alkanes) is 5. The number of amides is 1. The third-order valence-corrected chi connectivity index (χ3v) is 3.25. The third-order valence-electron chi connectivity index (χ3n) is 3.25. The maximum atomic E-state index is 11.5. The Balaban J connectivity index is 2.03. The Kier molecular flexibility index (Phi) is 8.52. The smallest absolute Gasteiger partial charge is 0.407 e. The summed E-state index contributed by atoms with van der Waals surface area (Å²) in [7, 11) is 0. The Morgan fingerprint density at radius 2 is 1.90 bits per heavy atom. The zero-order valence-corrected chi connectivity index (χ0v) is 12.8. The normalized spacial score (nSPS) is 10.3. The highest BCUT2D eigenvalue weighted by molar-refractivity contribution is 5.67. The van der Waals surface area contributed by atoms with Crippen molar-refractivity contribution in [3.63, 3.8) is 0 Å². The van der Waals surface area contributed by atoms with E-state index in [9.17, 15) is 4.79 Å². The molecule has 0 atom stereocenters. The molecule has 0 saturated heterocycles. The van der Waals surface area contributed by atoms with Gasteiger partial charge in [0.2, 0.25) is 0 Å². The van der Waals surface area contributed by atoms with E-state index in [0.717, 1.165) is 18.4 Å². The van der Waals surface area contributed by atoms with Crippen LogP contribution in [0, 0.1) is 6.92 Å². The van der Waals surface area contributed by atoms with E-state index in [1.54, 1.807) is 0 Å². The monoisotopic (exact) mass is 277 g/mol. The summed E-state index contributed by atoms with van der Waals surface area (Å²) < 4.78 is 5.15. The zero-order chi connectivity index (χ0) is 14.6. The summed E-state index contributed by atoms with van der Waals surface area (Å²) in [6, 6.07) is 8.10. The molecule has 112 valence electrons. The third kappa shape index (κ3) is 7.82. The highest BCUT2D eigenvalue weighted by Gasteiger charge is 2.01. The molecule has 20 heavy (non-hydrogen) atoms. The lowest BCUT2D eigenvalue weighted by Crippen LogP contribution is -2.24. The number of benzene rings is 1. The number of alkyl carbamates (subject to hydrolysis) is 1. The van der Waals surface area contributed by atoms with Gasteiger partial charge in [-0.25, -0.2) is 4.79 Å². The first kappa shape index (κ1) is 16.5. The average Bonchev–Trinajstić information content (AvgIpc) is 2.44. The van der Waals surface area contributed by atoms with Crippen LogP contribution < -0.4 is 5.32 Å². The number of ether oxygens (including phenoxy) is 1. The zero-order valence-electron chi connectivity index (χ0n) is 12.8. The van der Waals surface area contributed by atoms with E-state index in [1.165, 1.54) is 31.2 Å². The molecule has 0 fully saturated rings. The molecule has 0 heterocycles. The van der Waals surface area contributed by atoms with Crippen molar-refractivity contribution in [2.45, 2.75) is 58.9 Å². The summed E-state index contributed by atoms with van der Waals surface area (Å²) in [6.07, 6.45) is 6.88. The largest absolute Gasteiger partial charge is 0.450 e. The Bertz CT molecular complexity index is 390. The van der Waals surface area contributed by atoms with E-state index in [-0.39, 0.29) is 6.09 Å². The number of carbonyl (C=O) groups is 1. The van der Waals surface area contributed by atoms with Gasteiger partial charge in [0.15, 0.2) is 0 Å². The second-order valence-corrected chi connectivity index (χ2v) is 5.25. The van der Waals surface area contributed by atoms with E-state index in [0.29, 0.717) is 13.2 Å².